The summed E-state index contributed by atoms with van der Waals surface area (Å²) in [7, 11) is 0. The monoisotopic (exact) mass is 396 g/mol. The summed E-state index contributed by atoms with van der Waals surface area (Å²) < 4.78 is 0. The highest BCUT2D eigenvalue weighted by Gasteiger charge is 2.13. The molecule has 5 aromatic carbocycles. The maximum Gasteiger partial charge on any atom is 0.0289 e. The first-order valence-corrected chi connectivity index (χ1v) is 9.96. The van der Waals surface area contributed by atoms with Crippen LogP contribution in [0.25, 0.3) is 43.4 Å². The summed E-state index contributed by atoms with van der Waals surface area (Å²) in [5.74, 6) is 0. The molecular formula is C25H17Br. The number of hydrogen-bond acceptors (Lipinski definition) is 0. The van der Waals surface area contributed by atoms with E-state index in [9.17, 15) is 0 Å². The number of hydrogen-bond donors (Lipinski definition) is 0. The van der Waals surface area contributed by atoms with Gasteiger partial charge in [0.25, 0.3) is 0 Å². The highest BCUT2D eigenvalue weighted by atomic mass is 79.9. The molecule has 0 aromatic heterocycles. The third kappa shape index (κ3) is 2.43. The molecule has 0 aliphatic rings. The van der Waals surface area contributed by atoms with Crippen LogP contribution in [0.5, 0.6) is 0 Å². The SMILES string of the molecule is BrCc1ccccc1-c1c2ccccc2cc2cc3ccccc3cc12. The summed E-state index contributed by atoms with van der Waals surface area (Å²) in [4.78, 5) is 0. The third-order valence-electron chi connectivity index (χ3n) is 5.16. The largest absolute Gasteiger partial charge is 0.0876 e. The summed E-state index contributed by atoms with van der Waals surface area (Å²) in [6, 6.07) is 33.0. The van der Waals surface area contributed by atoms with Crippen LogP contribution in [0, 0.1) is 0 Å². The van der Waals surface area contributed by atoms with E-state index in [4.69, 9.17) is 0 Å². The van der Waals surface area contributed by atoms with E-state index in [0.29, 0.717) is 0 Å². The first-order chi connectivity index (χ1) is 12.8. The Kier molecular flexibility index (Phi) is 3.76. The van der Waals surface area contributed by atoms with Crippen molar-refractivity contribution >= 4 is 48.2 Å². The van der Waals surface area contributed by atoms with E-state index in [-0.39, 0.29) is 0 Å². The average molecular weight is 397 g/mol. The molecule has 0 atom stereocenters. The smallest absolute Gasteiger partial charge is 0.0289 e. The van der Waals surface area contributed by atoms with Crippen LogP contribution in [-0.4, -0.2) is 0 Å². The van der Waals surface area contributed by atoms with E-state index >= 15 is 0 Å². The lowest BCUT2D eigenvalue weighted by atomic mass is 9.89. The van der Waals surface area contributed by atoms with Crippen molar-refractivity contribution in [3.63, 3.8) is 0 Å². The van der Waals surface area contributed by atoms with Crippen molar-refractivity contribution in [1.82, 2.24) is 0 Å². The molecule has 0 spiro atoms. The normalized spacial score (nSPS) is 11.4. The van der Waals surface area contributed by atoms with Gasteiger partial charge in [0.05, 0.1) is 0 Å². The van der Waals surface area contributed by atoms with Crippen LogP contribution < -0.4 is 0 Å². The van der Waals surface area contributed by atoms with Crippen molar-refractivity contribution in [2.75, 3.05) is 0 Å². The summed E-state index contributed by atoms with van der Waals surface area (Å²) in [5, 5.41) is 8.63. The van der Waals surface area contributed by atoms with Crippen LogP contribution in [0.1, 0.15) is 5.56 Å². The van der Waals surface area contributed by atoms with Gasteiger partial charge >= 0.3 is 0 Å². The molecule has 26 heavy (non-hydrogen) atoms. The molecule has 5 rings (SSSR count). The van der Waals surface area contributed by atoms with Gasteiger partial charge in [-0.1, -0.05) is 88.7 Å². The first-order valence-electron chi connectivity index (χ1n) is 8.83. The number of benzene rings is 5. The van der Waals surface area contributed by atoms with Crippen LogP contribution in [-0.2, 0) is 5.33 Å². The van der Waals surface area contributed by atoms with E-state index in [1.165, 1.54) is 49.0 Å². The molecule has 0 amide bonds. The van der Waals surface area contributed by atoms with Gasteiger partial charge in [-0.15, -0.1) is 0 Å². The zero-order chi connectivity index (χ0) is 17.5. The Morgan fingerprint density at radius 3 is 1.96 bits per heavy atom. The van der Waals surface area contributed by atoms with Crippen LogP contribution in [0.3, 0.4) is 0 Å². The molecule has 0 saturated carbocycles. The number of halogens is 1. The zero-order valence-corrected chi connectivity index (χ0v) is 15.8. The van der Waals surface area contributed by atoms with Crippen molar-refractivity contribution in [3.8, 4) is 11.1 Å². The highest BCUT2D eigenvalue weighted by Crippen LogP contribution is 2.39. The second kappa shape index (κ2) is 6.26. The predicted molar refractivity (Wildman–Crippen MR) is 117 cm³/mol. The minimum Gasteiger partial charge on any atom is -0.0876 e. The highest BCUT2D eigenvalue weighted by molar-refractivity contribution is 9.08. The predicted octanol–water partition coefficient (Wildman–Crippen LogP) is 7.71. The van der Waals surface area contributed by atoms with Gasteiger partial charge in [-0.2, -0.15) is 0 Å². The van der Waals surface area contributed by atoms with Gasteiger partial charge in [0, 0.05) is 5.33 Å². The van der Waals surface area contributed by atoms with E-state index in [0.717, 1.165) is 5.33 Å². The second-order valence-electron chi connectivity index (χ2n) is 6.68. The molecule has 0 unspecified atom stereocenters. The van der Waals surface area contributed by atoms with Crippen LogP contribution in [0.15, 0.2) is 91.0 Å². The van der Waals surface area contributed by atoms with Gasteiger partial charge in [-0.05, 0) is 67.2 Å². The maximum absolute atomic E-state index is 3.67. The van der Waals surface area contributed by atoms with Gasteiger partial charge in [-0.3, -0.25) is 0 Å². The first kappa shape index (κ1) is 15.6. The lowest BCUT2D eigenvalue weighted by Gasteiger charge is -2.15. The number of fused-ring (bicyclic) bond motifs is 3. The quantitative estimate of drug-likeness (QED) is 0.211. The van der Waals surface area contributed by atoms with Crippen molar-refractivity contribution < 1.29 is 0 Å². The molecule has 0 nitrogen and oxygen atoms in total. The van der Waals surface area contributed by atoms with Crippen molar-refractivity contribution in [3.05, 3.63) is 96.6 Å². The van der Waals surface area contributed by atoms with Gasteiger partial charge in [0.15, 0.2) is 0 Å². The molecule has 0 bridgehead atoms. The summed E-state index contributed by atoms with van der Waals surface area (Å²) in [6.07, 6.45) is 0. The van der Waals surface area contributed by atoms with Gasteiger partial charge in [0.2, 0.25) is 0 Å². The minimum absolute atomic E-state index is 0.849. The van der Waals surface area contributed by atoms with Gasteiger partial charge in [0.1, 0.15) is 0 Å². The molecule has 1 heteroatoms. The molecule has 0 aliphatic heterocycles. The van der Waals surface area contributed by atoms with Crippen LogP contribution in [0.2, 0.25) is 0 Å². The molecule has 0 heterocycles. The second-order valence-corrected chi connectivity index (χ2v) is 7.24. The lowest BCUT2D eigenvalue weighted by molar-refractivity contribution is 1.44. The molecule has 5 aromatic rings. The Labute approximate surface area is 161 Å². The summed E-state index contributed by atoms with van der Waals surface area (Å²) >= 11 is 3.67. The third-order valence-corrected chi connectivity index (χ3v) is 5.76. The van der Waals surface area contributed by atoms with E-state index in [2.05, 4.69) is 107 Å². The van der Waals surface area contributed by atoms with E-state index in [1.54, 1.807) is 0 Å². The number of rotatable bonds is 2. The molecule has 0 N–H and O–H groups in total. The van der Waals surface area contributed by atoms with Crippen molar-refractivity contribution in [1.29, 1.82) is 0 Å². The van der Waals surface area contributed by atoms with Crippen molar-refractivity contribution in [2.45, 2.75) is 5.33 Å². The minimum atomic E-state index is 0.849. The van der Waals surface area contributed by atoms with Crippen LogP contribution >= 0.6 is 15.9 Å². The fourth-order valence-electron chi connectivity index (χ4n) is 3.93. The van der Waals surface area contributed by atoms with E-state index in [1.807, 2.05) is 0 Å². The molecule has 0 fully saturated rings. The fraction of sp³-hybridized carbons (Fsp3) is 0.0400. The Morgan fingerprint density at radius 2 is 1.15 bits per heavy atom. The van der Waals surface area contributed by atoms with Crippen LogP contribution in [0.4, 0.5) is 0 Å². The molecular weight excluding hydrogens is 380 g/mol. The topological polar surface area (TPSA) is 0 Å². The molecule has 0 aliphatic carbocycles. The number of alkyl halides is 1. The maximum atomic E-state index is 3.67. The summed E-state index contributed by atoms with van der Waals surface area (Å²) in [6.45, 7) is 0. The fourth-order valence-corrected chi connectivity index (χ4v) is 4.42. The Morgan fingerprint density at radius 1 is 0.538 bits per heavy atom. The van der Waals surface area contributed by atoms with Crippen molar-refractivity contribution in [2.24, 2.45) is 0 Å². The van der Waals surface area contributed by atoms with E-state index < -0.39 is 0 Å². The molecule has 124 valence electrons. The Bertz CT molecular complexity index is 1260. The van der Waals surface area contributed by atoms with Gasteiger partial charge in [-0.25, -0.2) is 0 Å². The lowest BCUT2D eigenvalue weighted by Crippen LogP contribution is -1.90. The average Bonchev–Trinajstić information content (AvgIpc) is 2.70. The zero-order valence-electron chi connectivity index (χ0n) is 14.2. The standard InChI is InChI=1S/C25H17Br/c26-16-20-10-4-6-12-23(20)25-22-11-5-3-9-19(22)14-21-13-17-7-1-2-8-18(17)15-24(21)25/h1-15H,16H2. The summed E-state index contributed by atoms with van der Waals surface area (Å²) in [5.41, 5.74) is 3.96. The Hall–Kier alpha value is -2.64. The Balaban J connectivity index is 2.01. The molecule has 0 radical (unpaired) electrons. The molecule has 0 saturated heterocycles. The van der Waals surface area contributed by atoms with Gasteiger partial charge < -0.3 is 0 Å².